The van der Waals surface area contributed by atoms with Crippen LogP contribution < -0.4 is 5.32 Å². The fourth-order valence-electron chi connectivity index (χ4n) is 1.88. The van der Waals surface area contributed by atoms with E-state index in [0.29, 0.717) is 0 Å². The van der Waals surface area contributed by atoms with Crippen molar-refractivity contribution in [3.05, 3.63) is 41.7 Å². The van der Waals surface area contributed by atoms with Crippen LogP contribution in [0.15, 0.2) is 30.5 Å². The number of aromatic hydroxyl groups is 1. The molecule has 3 rings (SSSR count). The van der Waals surface area contributed by atoms with Gasteiger partial charge in [-0.3, -0.25) is 0 Å². The van der Waals surface area contributed by atoms with Crippen LogP contribution in [-0.4, -0.2) is 14.9 Å². The molecular formula is C11H11N3O. The number of phenols is 1. The van der Waals surface area contributed by atoms with Gasteiger partial charge in [-0.2, -0.15) is 5.10 Å². The largest absolute Gasteiger partial charge is 0.508 e. The van der Waals surface area contributed by atoms with Crippen molar-refractivity contribution in [1.82, 2.24) is 15.1 Å². The third kappa shape index (κ3) is 1.30. The van der Waals surface area contributed by atoms with Crippen LogP contribution in [0, 0.1) is 0 Å². The number of benzene rings is 1. The summed E-state index contributed by atoms with van der Waals surface area (Å²) in [6.07, 6.45) is 1.89. The van der Waals surface area contributed by atoms with Crippen molar-refractivity contribution in [2.24, 2.45) is 0 Å². The number of hydrogen-bond donors (Lipinski definition) is 2. The molecule has 1 aliphatic rings. The normalized spacial score (nSPS) is 14.1. The Morgan fingerprint density at radius 1 is 1.20 bits per heavy atom. The lowest BCUT2D eigenvalue weighted by Crippen LogP contribution is -2.07. The van der Waals surface area contributed by atoms with Gasteiger partial charge in [-0.05, 0) is 24.3 Å². The summed E-state index contributed by atoms with van der Waals surface area (Å²) in [6, 6.07) is 7.07. The average molecular weight is 201 g/mol. The van der Waals surface area contributed by atoms with Gasteiger partial charge in [0.2, 0.25) is 0 Å². The maximum Gasteiger partial charge on any atom is 0.115 e. The molecule has 0 radical (unpaired) electrons. The van der Waals surface area contributed by atoms with Gasteiger partial charge in [0.15, 0.2) is 0 Å². The quantitative estimate of drug-likeness (QED) is 0.728. The van der Waals surface area contributed by atoms with Gasteiger partial charge in [-0.1, -0.05) is 0 Å². The van der Waals surface area contributed by atoms with E-state index in [1.165, 1.54) is 11.3 Å². The molecule has 2 aromatic rings. The summed E-state index contributed by atoms with van der Waals surface area (Å²) < 4.78 is 1.91. The van der Waals surface area contributed by atoms with Crippen molar-refractivity contribution in [1.29, 1.82) is 0 Å². The minimum absolute atomic E-state index is 0.278. The van der Waals surface area contributed by atoms with Gasteiger partial charge in [0.25, 0.3) is 0 Å². The maximum atomic E-state index is 9.21. The van der Waals surface area contributed by atoms with Gasteiger partial charge in [0.05, 0.1) is 17.6 Å². The van der Waals surface area contributed by atoms with Crippen molar-refractivity contribution >= 4 is 0 Å². The van der Waals surface area contributed by atoms with Crippen molar-refractivity contribution in [2.45, 2.75) is 13.1 Å². The van der Waals surface area contributed by atoms with Gasteiger partial charge in [-0.25, -0.2) is 4.68 Å². The Hall–Kier alpha value is -1.81. The number of aromatic nitrogens is 2. The molecule has 0 aliphatic carbocycles. The first-order chi connectivity index (χ1) is 7.34. The smallest absolute Gasteiger partial charge is 0.115 e. The lowest BCUT2D eigenvalue weighted by atomic mass is 10.2. The van der Waals surface area contributed by atoms with Crippen LogP contribution in [0.25, 0.3) is 5.69 Å². The van der Waals surface area contributed by atoms with E-state index in [-0.39, 0.29) is 5.75 Å². The summed E-state index contributed by atoms with van der Waals surface area (Å²) in [4.78, 5) is 0. The topological polar surface area (TPSA) is 50.1 Å². The van der Waals surface area contributed by atoms with Gasteiger partial charge in [0.1, 0.15) is 5.75 Å². The molecule has 1 aromatic carbocycles. The highest BCUT2D eigenvalue weighted by Crippen LogP contribution is 2.20. The molecule has 0 unspecified atom stereocenters. The molecule has 0 bridgehead atoms. The highest BCUT2D eigenvalue weighted by atomic mass is 16.3. The van der Waals surface area contributed by atoms with E-state index in [0.717, 1.165) is 18.8 Å². The van der Waals surface area contributed by atoms with Crippen LogP contribution >= 0.6 is 0 Å². The Morgan fingerprint density at radius 2 is 2.00 bits per heavy atom. The zero-order chi connectivity index (χ0) is 10.3. The summed E-state index contributed by atoms with van der Waals surface area (Å²) in [7, 11) is 0. The molecular weight excluding hydrogens is 190 g/mol. The molecule has 0 fully saturated rings. The second-order valence-electron chi connectivity index (χ2n) is 3.65. The summed E-state index contributed by atoms with van der Waals surface area (Å²) in [5.74, 6) is 0.278. The molecule has 4 nitrogen and oxygen atoms in total. The number of phenolic OH excluding ortho intramolecular Hbond substituents is 1. The molecule has 2 N–H and O–H groups in total. The lowest BCUT2D eigenvalue weighted by molar-refractivity contribution is 0.475. The van der Waals surface area contributed by atoms with Crippen LogP contribution in [-0.2, 0) is 13.1 Å². The lowest BCUT2D eigenvalue weighted by Gasteiger charge is -2.04. The first-order valence-electron chi connectivity index (χ1n) is 4.90. The molecule has 1 aliphatic heterocycles. The third-order valence-corrected chi connectivity index (χ3v) is 2.66. The van der Waals surface area contributed by atoms with Crippen molar-refractivity contribution in [3.63, 3.8) is 0 Å². The first-order valence-corrected chi connectivity index (χ1v) is 4.90. The third-order valence-electron chi connectivity index (χ3n) is 2.66. The average Bonchev–Trinajstić information content (AvgIpc) is 2.80. The number of nitrogens with zero attached hydrogens (tertiary/aromatic N) is 2. The van der Waals surface area contributed by atoms with E-state index in [9.17, 15) is 5.11 Å². The zero-order valence-corrected chi connectivity index (χ0v) is 8.14. The SMILES string of the molecule is Oc1ccc(-n2ncc3c2CNC3)cc1. The van der Waals surface area contributed by atoms with Crippen molar-refractivity contribution in [2.75, 3.05) is 0 Å². The van der Waals surface area contributed by atoms with E-state index in [4.69, 9.17) is 0 Å². The highest BCUT2D eigenvalue weighted by Gasteiger charge is 2.16. The van der Waals surface area contributed by atoms with Crippen molar-refractivity contribution in [3.8, 4) is 11.4 Å². The van der Waals surface area contributed by atoms with Crippen LogP contribution in [0.4, 0.5) is 0 Å². The van der Waals surface area contributed by atoms with E-state index in [1.54, 1.807) is 12.1 Å². The summed E-state index contributed by atoms with van der Waals surface area (Å²) in [5.41, 5.74) is 3.45. The van der Waals surface area contributed by atoms with Gasteiger partial charge < -0.3 is 10.4 Å². The summed E-state index contributed by atoms with van der Waals surface area (Å²) in [5, 5.41) is 16.8. The Morgan fingerprint density at radius 3 is 2.80 bits per heavy atom. The van der Waals surface area contributed by atoms with Gasteiger partial charge in [-0.15, -0.1) is 0 Å². The van der Waals surface area contributed by atoms with Gasteiger partial charge in [0, 0.05) is 18.7 Å². The Kier molecular flexibility index (Phi) is 1.76. The van der Waals surface area contributed by atoms with Crippen LogP contribution in [0.3, 0.4) is 0 Å². The number of fused-ring (bicyclic) bond motifs is 1. The fraction of sp³-hybridized carbons (Fsp3) is 0.182. The number of rotatable bonds is 1. The van der Waals surface area contributed by atoms with Crippen LogP contribution in [0.5, 0.6) is 5.75 Å². The molecule has 0 spiro atoms. The second-order valence-corrected chi connectivity index (χ2v) is 3.65. The van der Waals surface area contributed by atoms with Crippen LogP contribution in [0.1, 0.15) is 11.3 Å². The summed E-state index contributed by atoms with van der Waals surface area (Å²) >= 11 is 0. The summed E-state index contributed by atoms with van der Waals surface area (Å²) in [6.45, 7) is 1.75. The maximum absolute atomic E-state index is 9.21. The molecule has 76 valence electrons. The fourth-order valence-corrected chi connectivity index (χ4v) is 1.88. The van der Waals surface area contributed by atoms with Crippen LogP contribution in [0.2, 0.25) is 0 Å². The molecule has 0 amide bonds. The zero-order valence-electron chi connectivity index (χ0n) is 8.14. The molecule has 1 aromatic heterocycles. The standard InChI is InChI=1S/C11H11N3O/c15-10-3-1-9(2-4-10)14-11-7-12-5-8(11)6-13-14/h1-4,6,12,15H,5,7H2. The predicted molar refractivity (Wildman–Crippen MR) is 55.8 cm³/mol. The molecule has 2 heterocycles. The molecule has 15 heavy (non-hydrogen) atoms. The molecule has 4 heteroatoms. The van der Waals surface area contributed by atoms with Crippen molar-refractivity contribution < 1.29 is 5.11 Å². The van der Waals surface area contributed by atoms with E-state index in [1.807, 2.05) is 23.0 Å². The Bertz CT molecular complexity index is 487. The van der Waals surface area contributed by atoms with E-state index < -0.39 is 0 Å². The van der Waals surface area contributed by atoms with Gasteiger partial charge >= 0.3 is 0 Å². The first kappa shape index (κ1) is 8.49. The Labute approximate surface area is 87.2 Å². The molecule has 0 atom stereocenters. The number of hydrogen-bond acceptors (Lipinski definition) is 3. The minimum atomic E-state index is 0.278. The van der Waals surface area contributed by atoms with E-state index >= 15 is 0 Å². The monoisotopic (exact) mass is 201 g/mol. The van der Waals surface area contributed by atoms with E-state index in [2.05, 4.69) is 10.4 Å². The minimum Gasteiger partial charge on any atom is -0.508 e. The number of nitrogens with one attached hydrogen (secondary N) is 1. The molecule has 0 saturated carbocycles. The molecule has 0 saturated heterocycles. The highest BCUT2D eigenvalue weighted by molar-refractivity contribution is 5.39. The second kappa shape index (κ2) is 3.10. The Balaban J connectivity index is 2.09. The predicted octanol–water partition coefficient (Wildman–Crippen LogP) is 1.18.